The second kappa shape index (κ2) is 5.75. The molecule has 0 spiro atoms. The van der Waals surface area contributed by atoms with Crippen LogP contribution >= 0.6 is 15.9 Å². The molecule has 2 aromatic rings. The van der Waals surface area contributed by atoms with Crippen LogP contribution < -0.4 is 10.6 Å². The fraction of sp³-hybridized carbons (Fsp3) is 0.357. The number of anilines is 3. The van der Waals surface area contributed by atoms with E-state index in [2.05, 4.69) is 62.5 Å². The molecule has 0 aliphatic rings. The van der Waals surface area contributed by atoms with Gasteiger partial charge in [0.25, 0.3) is 0 Å². The average Bonchev–Trinajstić information content (AvgIpc) is 2.31. The number of aryl methyl sites for hydroxylation is 1. The number of nitrogens with one attached hydrogen (secondary N) is 2. The zero-order valence-corrected chi connectivity index (χ0v) is 13.6. The minimum Gasteiger partial charge on any atom is -0.364 e. The second-order valence-electron chi connectivity index (χ2n) is 5.62. The molecular formula is C14H18BrN5. The van der Waals surface area contributed by atoms with E-state index in [1.165, 1.54) is 0 Å². The van der Waals surface area contributed by atoms with Crippen LogP contribution in [0.15, 0.2) is 28.9 Å². The van der Waals surface area contributed by atoms with Crippen LogP contribution in [0.5, 0.6) is 0 Å². The highest BCUT2D eigenvalue weighted by Crippen LogP contribution is 2.22. The van der Waals surface area contributed by atoms with Gasteiger partial charge < -0.3 is 10.6 Å². The molecule has 0 aliphatic carbocycles. The first kappa shape index (κ1) is 14.7. The number of aromatic nitrogens is 3. The standard InChI is InChI=1S/C14H18BrN5/c1-9-7-10(15)5-6-11(9)17-13-18-12(8-16-20-13)19-14(2,3)4/h5-8H,1-4H3,(H2,17,18,19,20). The minimum atomic E-state index is -0.0686. The maximum absolute atomic E-state index is 4.41. The first-order chi connectivity index (χ1) is 9.33. The Morgan fingerprint density at radius 2 is 1.95 bits per heavy atom. The van der Waals surface area contributed by atoms with E-state index >= 15 is 0 Å². The lowest BCUT2D eigenvalue weighted by Gasteiger charge is -2.21. The largest absolute Gasteiger partial charge is 0.364 e. The van der Waals surface area contributed by atoms with Gasteiger partial charge in [-0.2, -0.15) is 10.1 Å². The molecule has 2 N–H and O–H groups in total. The molecule has 0 fully saturated rings. The average molecular weight is 336 g/mol. The van der Waals surface area contributed by atoms with Crippen LogP contribution in [0.2, 0.25) is 0 Å². The summed E-state index contributed by atoms with van der Waals surface area (Å²) in [6, 6.07) is 5.99. The molecule has 0 saturated carbocycles. The Hall–Kier alpha value is -1.69. The van der Waals surface area contributed by atoms with E-state index in [9.17, 15) is 0 Å². The van der Waals surface area contributed by atoms with Gasteiger partial charge in [-0.1, -0.05) is 15.9 Å². The molecule has 6 heteroatoms. The molecule has 0 radical (unpaired) electrons. The summed E-state index contributed by atoms with van der Waals surface area (Å²) in [4.78, 5) is 4.41. The van der Waals surface area contributed by atoms with Crippen LogP contribution in [-0.2, 0) is 0 Å². The lowest BCUT2D eigenvalue weighted by molar-refractivity contribution is 0.629. The smallest absolute Gasteiger partial charge is 0.249 e. The molecule has 0 saturated heterocycles. The third kappa shape index (κ3) is 4.16. The van der Waals surface area contributed by atoms with Crippen molar-refractivity contribution in [3.8, 4) is 0 Å². The molecule has 0 aliphatic heterocycles. The molecule has 0 unspecified atom stereocenters. The summed E-state index contributed by atoms with van der Waals surface area (Å²) in [7, 11) is 0. The third-order valence-electron chi connectivity index (χ3n) is 2.50. The van der Waals surface area contributed by atoms with Gasteiger partial charge in [-0.25, -0.2) is 0 Å². The Morgan fingerprint density at radius 1 is 1.20 bits per heavy atom. The lowest BCUT2D eigenvalue weighted by Crippen LogP contribution is -2.27. The van der Waals surface area contributed by atoms with E-state index in [0.717, 1.165) is 15.7 Å². The van der Waals surface area contributed by atoms with Gasteiger partial charge in [-0.3, -0.25) is 0 Å². The topological polar surface area (TPSA) is 62.7 Å². The summed E-state index contributed by atoms with van der Waals surface area (Å²) >= 11 is 3.44. The molecule has 1 aromatic carbocycles. The number of halogens is 1. The van der Waals surface area contributed by atoms with Crippen LogP contribution in [-0.4, -0.2) is 20.7 Å². The SMILES string of the molecule is Cc1cc(Br)ccc1Nc1nncc(NC(C)(C)C)n1. The van der Waals surface area contributed by atoms with Gasteiger partial charge in [0.15, 0.2) is 5.82 Å². The Balaban J connectivity index is 2.19. The van der Waals surface area contributed by atoms with Gasteiger partial charge in [0, 0.05) is 15.7 Å². The minimum absolute atomic E-state index is 0.0686. The van der Waals surface area contributed by atoms with Crippen molar-refractivity contribution in [2.24, 2.45) is 0 Å². The fourth-order valence-electron chi connectivity index (χ4n) is 1.69. The number of hydrogen-bond acceptors (Lipinski definition) is 5. The van der Waals surface area contributed by atoms with Crippen molar-refractivity contribution in [2.45, 2.75) is 33.2 Å². The first-order valence-corrected chi connectivity index (χ1v) is 7.14. The highest BCUT2D eigenvalue weighted by molar-refractivity contribution is 9.10. The highest BCUT2D eigenvalue weighted by atomic mass is 79.9. The Morgan fingerprint density at radius 3 is 2.60 bits per heavy atom. The Bertz CT molecular complexity index is 607. The van der Waals surface area contributed by atoms with Gasteiger partial charge in [-0.15, -0.1) is 5.10 Å². The molecule has 106 valence electrons. The number of rotatable bonds is 3. The molecule has 1 heterocycles. The van der Waals surface area contributed by atoms with Gasteiger partial charge in [0.05, 0.1) is 6.20 Å². The summed E-state index contributed by atoms with van der Waals surface area (Å²) in [5, 5.41) is 14.4. The Kier molecular flexibility index (Phi) is 4.23. The van der Waals surface area contributed by atoms with E-state index in [-0.39, 0.29) is 5.54 Å². The lowest BCUT2D eigenvalue weighted by atomic mass is 10.1. The van der Waals surface area contributed by atoms with Crippen molar-refractivity contribution in [3.63, 3.8) is 0 Å². The van der Waals surface area contributed by atoms with E-state index < -0.39 is 0 Å². The summed E-state index contributed by atoms with van der Waals surface area (Å²) < 4.78 is 1.04. The monoisotopic (exact) mass is 335 g/mol. The molecule has 1 aromatic heterocycles. The molecule has 0 bridgehead atoms. The van der Waals surface area contributed by atoms with Crippen LogP contribution in [0.25, 0.3) is 0 Å². The molecule has 5 nitrogen and oxygen atoms in total. The maximum Gasteiger partial charge on any atom is 0.249 e. The summed E-state index contributed by atoms with van der Waals surface area (Å²) in [5.74, 6) is 1.18. The fourth-order valence-corrected chi connectivity index (χ4v) is 2.16. The van der Waals surface area contributed by atoms with Crippen molar-refractivity contribution < 1.29 is 0 Å². The maximum atomic E-state index is 4.41. The highest BCUT2D eigenvalue weighted by Gasteiger charge is 2.11. The van der Waals surface area contributed by atoms with Crippen LogP contribution in [0.1, 0.15) is 26.3 Å². The zero-order chi connectivity index (χ0) is 14.8. The number of nitrogens with zero attached hydrogens (tertiary/aromatic N) is 3. The van der Waals surface area contributed by atoms with Crippen molar-refractivity contribution in [2.75, 3.05) is 10.6 Å². The predicted octanol–water partition coefficient (Wildman–Crippen LogP) is 3.90. The van der Waals surface area contributed by atoms with Crippen LogP contribution in [0.3, 0.4) is 0 Å². The zero-order valence-electron chi connectivity index (χ0n) is 12.0. The molecule has 0 amide bonds. The molecule has 0 atom stereocenters. The van der Waals surface area contributed by atoms with Crippen molar-refractivity contribution >= 4 is 33.4 Å². The second-order valence-corrected chi connectivity index (χ2v) is 6.54. The van der Waals surface area contributed by atoms with Crippen molar-refractivity contribution in [3.05, 3.63) is 34.4 Å². The molecule has 20 heavy (non-hydrogen) atoms. The van der Waals surface area contributed by atoms with Gasteiger partial charge in [0.2, 0.25) is 5.95 Å². The summed E-state index contributed by atoms with van der Waals surface area (Å²) in [5.41, 5.74) is 2.00. The third-order valence-corrected chi connectivity index (χ3v) is 2.99. The van der Waals surface area contributed by atoms with Crippen molar-refractivity contribution in [1.29, 1.82) is 0 Å². The van der Waals surface area contributed by atoms with Crippen molar-refractivity contribution in [1.82, 2.24) is 15.2 Å². The first-order valence-electron chi connectivity index (χ1n) is 6.34. The van der Waals surface area contributed by atoms with Crippen LogP contribution in [0.4, 0.5) is 17.5 Å². The number of hydrogen-bond donors (Lipinski definition) is 2. The quantitative estimate of drug-likeness (QED) is 0.890. The van der Waals surface area contributed by atoms with E-state index in [4.69, 9.17) is 0 Å². The van der Waals surface area contributed by atoms with Gasteiger partial charge in [-0.05, 0) is 51.5 Å². The Labute approximate surface area is 127 Å². The summed E-state index contributed by atoms with van der Waals surface area (Å²) in [6.45, 7) is 8.24. The van der Waals surface area contributed by atoms with Gasteiger partial charge in [0.1, 0.15) is 0 Å². The van der Waals surface area contributed by atoms with E-state index in [1.807, 2.05) is 25.1 Å². The number of benzene rings is 1. The van der Waals surface area contributed by atoms with E-state index in [1.54, 1.807) is 6.20 Å². The normalized spacial score (nSPS) is 11.2. The molecular weight excluding hydrogens is 318 g/mol. The van der Waals surface area contributed by atoms with Crippen LogP contribution in [0, 0.1) is 6.92 Å². The summed E-state index contributed by atoms with van der Waals surface area (Å²) in [6.07, 6.45) is 1.62. The van der Waals surface area contributed by atoms with E-state index in [0.29, 0.717) is 11.8 Å². The molecule has 2 rings (SSSR count). The van der Waals surface area contributed by atoms with Gasteiger partial charge >= 0.3 is 0 Å². The predicted molar refractivity (Wildman–Crippen MR) is 85.4 cm³/mol.